The lowest BCUT2D eigenvalue weighted by atomic mass is 10.0. The molecule has 8 heteroatoms. The molecule has 2 nitrogen and oxygen atoms in total. The minimum Gasteiger partial charge on any atom is -0.409 e. The third-order valence-electron chi connectivity index (χ3n) is 4.39. The van der Waals surface area contributed by atoms with Gasteiger partial charge in [-0.05, 0) is 51.0 Å². The Bertz CT molecular complexity index is 628. The van der Waals surface area contributed by atoms with Gasteiger partial charge in [0.2, 0.25) is 0 Å². The second kappa shape index (κ2) is 7.39. The van der Waals surface area contributed by atoms with Crippen LogP contribution in [0, 0.1) is 12.3 Å². The number of rotatable bonds is 7. The Morgan fingerprint density at radius 3 is 2.32 bits per heavy atom. The van der Waals surface area contributed by atoms with Crippen LogP contribution >= 0.6 is 23.2 Å². The van der Waals surface area contributed by atoms with Crippen LogP contribution in [0.2, 0.25) is 29.7 Å². The zero-order valence-electron chi connectivity index (χ0n) is 14.9. The molecule has 0 radical (unpaired) electrons. The predicted molar refractivity (Wildman–Crippen MR) is 99.0 cm³/mol. The lowest BCUT2D eigenvalue weighted by molar-refractivity contribution is -0.185. The largest absolute Gasteiger partial charge is 0.409 e. The molecule has 1 fully saturated rings. The molecule has 0 heterocycles. The maximum atomic E-state index is 13.1. The molecular formula is C17H24Cl2F3NOSi. The smallest absolute Gasteiger partial charge is 0.395 e. The molecule has 0 amide bonds. The zero-order chi connectivity index (χ0) is 19.0. The first kappa shape index (κ1) is 21.0. The van der Waals surface area contributed by atoms with E-state index in [9.17, 15) is 13.2 Å². The molecule has 0 saturated heterocycles. The lowest BCUT2D eigenvalue weighted by Crippen LogP contribution is -2.39. The first-order valence-corrected chi connectivity index (χ1v) is 12.4. The summed E-state index contributed by atoms with van der Waals surface area (Å²) in [4.78, 5) is 0. The fourth-order valence-corrected chi connectivity index (χ4v) is 4.43. The average Bonchev–Trinajstić information content (AvgIpc) is 3.22. The molecule has 25 heavy (non-hydrogen) atoms. The Morgan fingerprint density at radius 1 is 1.24 bits per heavy atom. The molecule has 1 atom stereocenters. The van der Waals surface area contributed by atoms with E-state index in [2.05, 4.69) is 5.32 Å². The Labute approximate surface area is 158 Å². The van der Waals surface area contributed by atoms with E-state index in [-0.39, 0.29) is 25.9 Å². The fourth-order valence-electron chi connectivity index (χ4n) is 2.76. The van der Waals surface area contributed by atoms with Gasteiger partial charge in [-0.25, -0.2) is 0 Å². The van der Waals surface area contributed by atoms with Crippen molar-refractivity contribution in [3.05, 3.63) is 33.3 Å². The van der Waals surface area contributed by atoms with Crippen LogP contribution in [0.25, 0.3) is 0 Å². The number of hydrogen-bond acceptors (Lipinski definition) is 2. The summed E-state index contributed by atoms with van der Waals surface area (Å²) in [5, 5.41) is 3.93. The SMILES string of the molecule is Cc1ccc(Cl)c(C(CNCC2(C(F)(F)F)CC2)O[Si](C)(C)C)c1Cl. The third kappa shape index (κ3) is 5.13. The van der Waals surface area contributed by atoms with Gasteiger partial charge in [-0.1, -0.05) is 29.3 Å². The van der Waals surface area contributed by atoms with Crippen LogP contribution in [0.3, 0.4) is 0 Å². The maximum Gasteiger partial charge on any atom is 0.395 e. The summed E-state index contributed by atoms with van der Waals surface area (Å²) in [5.74, 6) is 0. The van der Waals surface area contributed by atoms with Crippen molar-refractivity contribution in [3.63, 3.8) is 0 Å². The second-order valence-corrected chi connectivity index (χ2v) is 13.0. The number of hydrogen-bond donors (Lipinski definition) is 1. The first-order chi connectivity index (χ1) is 11.4. The number of nitrogens with one attached hydrogen (secondary N) is 1. The van der Waals surface area contributed by atoms with Gasteiger partial charge in [0.05, 0.1) is 16.5 Å². The molecule has 142 valence electrons. The van der Waals surface area contributed by atoms with Crippen molar-refractivity contribution < 1.29 is 17.6 Å². The highest BCUT2D eigenvalue weighted by Gasteiger charge is 2.62. The van der Waals surface area contributed by atoms with E-state index >= 15 is 0 Å². The van der Waals surface area contributed by atoms with Crippen molar-refractivity contribution in [1.82, 2.24) is 5.32 Å². The zero-order valence-corrected chi connectivity index (χ0v) is 17.4. The van der Waals surface area contributed by atoms with Gasteiger partial charge in [-0.3, -0.25) is 0 Å². The highest BCUT2D eigenvalue weighted by atomic mass is 35.5. The topological polar surface area (TPSA) is 21.3 Å². The molecule has 1 aromatic carbocycles. The second-order valence-electron chi connectivity index (χ2n) is 7.72. The number of alkyl halides is 3. The summed E-state index contributed by atoms with van der Waals surface area (Å²) >= 11 is 12.7. The molecule has 0 spiro atoms. The van der Waals surface area contributed by atoms with Crippen molar-refractivity contribution in [1.29, 1.82) is 0 Å². The molecule has 0 bridgehead atoms. The molecule has 0 aliphatic heterocycles. The van der Waals surface area contributed by atoms with Crippen molar-refractivity contribution >= 4 is 31.5 Å². The van der Waals surface area contributed by atoms with E-state index in [0.717, 1.165) is 5.56 Å². The quantitative estimate of drug-likeness (QED) is 0.542. The predicted octanol–water partition coefficient (Wildman–Crippen LogP) is 6.13. The number of benzene rings is 1. The first-order valence-electron chi connectivity index (χ1n) is 8.26. The summed E-state index contributed by atoms with van der Waals surface area (Å²) in [7, 11) is -1.96. The minimum atomic E-state index is -4.17. The van der Waals surface area contributed by atoms with Gasteiger partial charge in [0.15, 0.2) is 8.32 Å². The molecule has 1 unspecified atom stereocenters. The highest BCUT2D eigenvalue weighted by Crippen LogP contribution is 2.57. The van der Waals surface area contributed by atoms with E-state index in [4.69, 9.17) is 27.6 Å². The number of halogens is 5. The lowest BCUT2D eigenvalue weighted by Gasteiger charge is -2.29. The van der Waals surface area contributed by atoms with E-state index < -0.39 is 26.0 Å². The van der Waals surface area contributed by atoms with Crippen molar-refractivity contribution in [2.24, 2.45) is 5.41 Å². The standard InChI is InChI=1S/C17H24Cl2F3NOSi/c1-11-5-6-12(18)14(15(11)19)13(24-25(2,3)4)9-23-10-16(7-8-16)17(20,21)22/h5-6,13,23H,7-10H2,1-4H3. The fraction of sp³-hybridized carbons (Fsp3) is 0.647. The van der Waals surface area contributed by atoms with Gasteiger partial charge in [-0.15, -0.1) is 0 Å². The molecule has 0 aromatic heterocycles. The molecule has 1 aliphatic carbocycles. The Hall–Kier alpha value is -0.273. The van der Waals surface area contributed by atoms with E-state index in [1.807, 2.05) is 32.6 Å². The summed E-state index contributed by atoms with van der Waals surface area (Å²) in [5.41, 5.74) is -0.0778. The van der Waals surface area contributed by atoms with Crippen molar-refractivity contribution in [2.45, 2.75) is 51.7 Å². The van der Waals surface area contributed by atoms with Gasteiger partial charge in [-0.2, -0.15) is 13.2 Å². The van der Waals surface area contributed by atoms with Gasteiger partial charge in [0, 0.05) is 23.7 Å². The monoisotopic (exact) mass is 413 g/mol. The molecule has 1 N–H and O–H groups in total. The van der Waals surface area contributed by atoms with Crippen LogP contribution in [-0.2, 0) is 4.43 Å². The van der Waals surface area contributed by atoms with Crippen LogP contribution in [0.4, 0.5) is 13.2 Å². The Kier molecular flexibility index (Phi) is 6.22. The van der Waals surface area contributed by atoms with E-state index in [0.29, 0.717) is 15.6 Å². The molecule has 1 saturated carbocycles. The minimum absolute atomic E-state index is 0.108. The van der Waals surface area contributed by atoms with Gasteiger partial charge < -0.3 is 9.74 Å². The van der Waals surface area contributed by atoms with Crippen LogP contribution in [0.1, 0.15) is 30.1 Å². The van der Waals surface area contributed by atoms with Gasteiger partial charge in [0.25, 0.3) is 0 Å². The Morgan fingerprint density at radius 2 is 1.84 bits per heavy atom. The summed E-state index contributed by atoms with van der Waals surface area (Å²) < 4.78 is 45.5. The number of aryl methyl sites for hydroxylation is 1. The van der Waals surface area contributed by atoms with Crippen LogP contribution in [-0.4, -0.2) is 27.6 Å². The molecule has 1 aromatic rings. The molecular weight excluding hydrogens is 390 g/mol. The highest BCUT2D eigenvalue weighted by molar-refractivity contribution is 6.69. The molecule has 2 rings (SSSR count). The summed E-state index contributed by atoms with van der Waals surface area (Å²) in [6.45, 7) is 8.07. The molecule has 1 aliphatic rings. The average molecular weight is 414 g/mol. The third-order valence-corrected chi connectivity index (χ3v) is 6.21. The van der Waals surface area contributed by atoms with Crippen molar-refractivity contribution in [3.8, 4) is 0 Å². The van der Waals surface area contributed by atoms with Crippen molar-refractivity contribution in [2.75, 3.05) is 13.1 Å². The van der Waals surface area contributed by atoms with Crippen LogP contribution in [0.5, 0.6) is 0 Å². The van der Waals surface area contributed by atoms with Crippen LogP contribution < -0.4 is 5.32 Å². The normalized spacial score (nSPS) is 18.3. The van der Waals surface area contributed by atoms with Crippen LogP contribution in [0.15, 0.2) is 12.1 Å². The summed E-state index contributed by atoms with van der Waals surface area (Å²) in [6, 6.07) is 3.56. The maximum absolute atomic E-state index is 13.1. The van der Waals surface area contributed by atoms with E-state index in [1.54, 1.807) is 6.07 Å². The van der Waals surface area contributed by atoms with E-state index in [1.165, 1.54) is 0 Å². The summed E-state index contributed by atoms with van der Waals surface area (Å²) in [6.07, 6.45) is -4.30. The Balaban J connectivity index is 2.17. The van der Waals surface area contributed by atoms with Gasteiger partial charge in [0.1, 0.15) is 0 Å². The van der Waals surface area contributed by atoms with Gasteiger partial charge >= 0.3 is 6.18 Å².